The molecule has 11 rings (SSSR count). The van der Waals surface area contributed by atoms with Crippen LogP contribution in [0.15, 0.2) is 166 Å². The number of hydrogen-bond acceptors (Lipinski definition) is 5. The number of nitrogens with zero attached hydrogens (tertiary/aromatic N) is 4. The highest BCUT2D eigenvalue weighted by Crippen LogP contribution is 2.42. The van der Waals surface area contributed by atoms with Gasteiger partial charge in [-0.25, -0.2) is 15.0 Å². The van der Waals surface area contributed by atoms with E-state index in [1.165, 1.54) is 10.8 Å². The Hall–Kier alpha value is -7.05. The van der Waals surface area contributed by atoms with Crippen molar-refractivity contribution < 1.29 is 15.7 Å². The summed E-state index contributed by atoms with van der Waals surface area (Å²) in [6, 6.07) is 39.8. The van der Waals surface area contributed by atoms with Gasteiger partial charge in [0.05, 0.1) is 17.9 Å². The Balaban J connectivity index is 1.13. The summed E-state index contributed by atoms with van der Waals surface area (Å²) in [6.45, 7) is 0. The van der Waals surface area contributed by atoms with Crippen LogP contribution in [0, 0.1) is 0 Å². The second kappa shape index (κ2) is 10.7. The number of fused-ring (bicyclic) bond motifs is 10. The molecular formula is C45H26N4O2. The first-order valence-electron chi connectivity index (χ1n) is 19.0. The average molecular weight is 660 g/mol. The van der Waals surface area contributed by atoms with Crippen LogP contribution in [0.3, 0.4) is 0 Å². The van der Waals surface area contributed by atoms with Crippen LogP contribution >= 0.6 is 0 Å². The van der Waals surface area contributed by atoms with Crippen LogP contribution in [0.2, 0.25) is 0 Å². The molecule has 0 unspecified atom stereocenters. The third-order valence-corrected chi connectivity index (χ3v) is 9.56. The van der Waals surface area contributed by atoms with E-state index in [2.05, 4.69) is 76.3 Å². The van der Waals surface area contributed by atoms with Gasteiger partial charge >= 0.3 is 0 Å². The standard InChI is InChI=1S/C45H26N4O2/c1-3-12-27(13-4-1)43-46-44(28-14-5-2-6-15-28)48-45(47-43)35-18-11-21-38-40(35)34-25-24-33-32-23-22-29(26-39(32)51-41(33)42(34)50-38)49-36-19-9-7-16-30(36)31-17-8-10-20-37(31)49/h1-26H/i1D,3D,4D,12D,13D. The van der Waals surface area contributed by atoms with Crippen molar-refractivity contribution in [2.24, 2.45) is 0 Å². The maximum absolute atomic E-state index is 8.69. The van der Waals surface area contributed by atoms with Crippen LogP contribution in [0.5, 0.6) is 0 Å². The largest absolute Gasteiger partial charge is 0.452 e. The van der Waals surface area contributed by atoms with Gasteiger partial charge in [-0.1, -0.05) is 109 Å². The Labute approximate surface area is 297 Å². The van der Waals surface area contributed by atoms with Gasteiger partial charge in [-0.3, -0.25) is 0 Å². The summed E-state index contributed by atoms with van der Waals surface area (Å²) < 4.78 is 57.7. The molecule has 11 aromatic rings. The van der Waals surface area contributed by atoms with Gasteiger partial charge in [-0.2, -0.15) is 0 Å². The number of hydrogen-bond donors (Lipinski definition) is 0. The Kier molecular flexibility index (Phi) is 4.91. The molecule has 0 saturated carbocycles. The fraction of sp³-hybridized carbons (Fsp3) is 0. The van der Waals surface area contributed by atoms with Gasteiger partial charge in [0.25, 0.3) is 0 Å². The van der Waals surface area contributed by atoms with Crippen LogP contribution in [0.25, 0.3) is 106 Å². The Morgan fingerprint density at radius 2 is 1.10 bits per heavy atom. The van der Waals surface area contributed by atoms with Crippen molar-refractivity contribution in [3.05, 3.63) is 158 Å². The van der Waals surface area contributed by atoms with Crippen molar-refractivity contribution in [3.8, 4) is 39.9 Å². The lowest BCUT2D eigenvalue weighted by Gasteiger charge is -2.09. The predicted molar refractivity (Wildman–Crippen MR) is 205 cm³/mol. The number of aromatic nitrogens is 4. The van der Waals surface area contributed by atoms with E-state index in [1.807, 2.05) is 60.7 Å². The topological polar surface area (TPSA) is 69.9 Å². The van der Waals surface area contributed by atoms with E-state index in [0.717, 1.165) is 43.8 Å². The predicted octanol–water partition coefficient (Wildman–Crippen LogP) is 11.8. The summed E-state index contributed by atoms with van der Waals surface area (Å²) in [6.07, 6.45) is 0. The zero-order valence-electron chi connectivity index (χ0n) is 31.7. The summed E-state index contributed by atoms with van der Waals surface area (Å²) in [5.74, 6) is 0.518. The first-order valence-corrected chi connectivity index (χ1v) is 16.5. The normalized spacial score (nSPS) is 13.3. The van der Waals surface area contributed by atoms with Crippen molar-refractivity contribution in [2.45, 2.75) is 0 Å². The lowest BCUT2D eigenvalue weighted by molar-refractivity contribution is 0.633. The maximum Gasteiger partial charge on any atom is 0.178 e. The fourth-order valence-electron chi connectivity index (χ4n) is 7.32. The molecular weight excluding hydrogens is 629 g/mol. The highest BCUT2D eigenvalue weighted by Gasteiger charge is 2.21. The molecule has 4 aromatic heterocycles. The zero-order valence-corrected chi connectivity index (χ0v) is 26.7. The molecule has 0 atom stereocenters. The van der Waals surface area contributed by atoms with Gasteiger partial charge in [0.15, 0.2) is 28.6 Å². The SMILES string of the molecule is [2H]c1c([2H])c([2H])c(-c2nc(-c3ccccc3)nc(-c3cccc4oc5c(ccc6c7ccc(-n8c9ccccc9c9ccccc98)cc7oc65)c34)n2)c([2H])c1[2H]. The van der Waals surface area contributed by atoms with Crippen LogP contribution in [0.4, 0.5) is 0 Å². The second-order valence-electron chi connectivity index (χ2n) is 12.4. The third-order valence-electron chi connectivity index (χ3n) is 9.56. The first kappa shape index (κ1) is 23.3. The molecule has 0 N–H and O–H groups in total. The van der Waals surface area contributed by atoms with Crippen LogP contribution in [0.1, 0.15) is 6.85 Å². The van der Waals surface area contributed by atoms with Gasteiger partial charge in [0, 0.05) is 60.8 Å². The Morgan fingerprint density at radius 1 is 0.471 bits per heavy atom. The van der Waals surface area contributed by atoms with Gasteiger partial charge in [-0.15, -0.1) is 0 Å². The van der Waals surface area contributed by atoms with E-state index in [4.69, 9.17) is 25.7 Å². The molecule has 0 aliphatic heterocycles. The summed E-state index contributed by atoms with van der Waals surface area (Å²) in [4.78, 5) is 14.3. The summed E-state index contributed by atoms with van der Waals surface area (Å²) in [7, 11) is 0. The van der Waals surface area contributed by atoms with E-state index in [-0.39, 0.29) is 17.2 Å². The number of furan rings is 2. The Bertz CT molecular complexity index is 3360. The number of rotatable bonds is 4. The molecule has 0 aliphatic carbocycles. The molecule has 0 amide bonds. The van der Waals surface area contributed by atoms with E-state index < -0.39 is 30.2 Å². The van der Waals surface area contributed by atoms with E-state index in [0.29, 0.717) is 33.7 Å². The van der Waals surface area contributed by atoms with Crippen LogP contribution in [-0.2, 0) is 0 Å². The molecule has 6 nitrogen and oxygen atoms in total. The van der Waals surface area contributed by atoms with Crippen molar-refractivity contribution in [2.75, 3.05) is 0 Å². The van der Waals surface area contributed by atoms with Gasteiger partial charge in [0.1, 0.15) is 11.2 Å². The molecule has 0 fully saturated rings. The summed E-state index contributed by atoms with van der Waals surface area (Å²) in [5, 5.41) is 5.77. The lowest BCUT2D eigenvalue weighted by atomic mass is 10.0. The number of benzene rings is 7. The van der Waals surface area contributed by atoms with Gasteiger partial charge in [-0.05, 0) is 42.5 Å². The van der Waals surface area contributed by atoms with Crippen molar-refractivity contribution in [1.82, 2.24) is 19.5 Å². The maximum atomic E-state index is 8.69. The summed E-state index contributed by atoms with van der Waals surface area (Å²) in [5.41, 5.74) is 6.89. The molecule has 0 spiro atoms. The number of para-hydroxylation sites is 2. The highest BCUT2D eigenvalue weighted by molar-refractivity contribution is 6.21. The minimum Gasteiger partial charge on any atom is -0.452 e. The van der Waals surface area contributed by atoms with E-state index in [1.54, 1.807) is 0 Å². The second-order valence-corrected chi connectivity index (χ2v) is 12.4. The van der Waals surface area contributed by atoms with Gasteiger partial charge < -0.3 is 13.4 Å². The smallest absolute Gasteiger partial charge is 0.178 e. The molecule has 0 radical (unpaired) electrons. The van der Waals surface area contributed by atoms with Gasteiger partial charge in [0.2, 0.25) is 0 Å². The molecule has 7 aromatic carbocycles. The summed E-state index contributed by atoms with van der Waals surface area (Å²) >= 11 is 0. The zero-order chi connectivity index (χ0) is 37.8. The monoisotopic (exact) mass is 659 g/mol. The van der Waals surface area contributed by atoms with Crippen molar-refractivity contribution >= 4 is 65.7 Å². The van der Waals surface area contributed by atoms with Crippen LogP contribution in [-0.4, -0.2) is 19.5 Å². The van der Waals surface area contributed by atoms with Crippen molar-refractivity contribution in [1.29, 1.82) is 0 Å². The van der Waals surface area contributed by atoms with E-state index in [9.17, 15) is 0 Å². The molecule has 0 aliphatic rings. The van der Waals surface area contributed by atoms with Crippen molar-refractivity contribution in [3.63, 3.8) is 0 Å². The highest BCUT2D eigenvalue weighted by atomic mass is 16.4. The molecule has 238 valence electrons. The Morgan fingerprint density at radius 3 is 1.88 bits per heavy atom. The lowest BCUT2D eigenvalue weighted by Crippen LogP contribution is -2.00. The molecule has 51 heavy (non-hydrogen) atoms. The van der Waals surface area contributed by atoms with E-state index >= 15 is 0 Å². The third kappa shape index (κ3) is 4.20. The molecule has 6 heteroatoms. The molecule has 0 saturated heterocycles. The first-order chi connectivity index (χ1) is 27.4. The average Bonchev–Trinajstić information content (AvgIpc) is 3.92. The van der Waals surface area contributed by atoms with Crippen LogP contribution < -0.4 is 0 Å². The minimum absolute atomic E-state index is 0.0330. The quantitative estimate of drug-likeness (QED) is 0.188. The molecule has 4 heterocycles. The minimum atomic E-state index is -0.490. The molecule has 0 bridgehead atoms. The fourth-order valence-corrected chi connectivity index (χ4v) is 7.32.